The monoisotopic (exact) mass is 283 g/mol. The molecule has 1 saturated carbocycles. The molecule has 0 spiro atoms. The van der Waals surface area contributed by atoms with Gasteiger partial charge < -0.3 is 14.4 Å². The number of carbonyl (C=O) groups is 1. The first kappa shape index (κ1) is 12.9. The van der Waals surface area contributed by atoms with Crippen LogP contribution in [0, 0.1) is 0 Å². The number of aliphatic carboxylic acids is 1. The molecule has 6 nitrogen and oxygen atoms in total. The highest BCUT2D eigenvalue weighted by atomic mass is 32.2. The summed E-state index contributed by atoms with van der Waals surface area (Å²) < 4.78 is 7.55. The zero-order valence-electron chi connectivity index (χ0n) is 10.6. The molecule has 1 aliphatic carbocycles. The Hall–Kier alpha value is -1.08. The molecular weight excluding hydrogens is 266 g/mol. The maximum absolute atomic E-state index is 10.7. The van der Waals surface area contributed by atoms with E-state index in [0.717, 1.165) is 49.9 Å². The maximum atomic E-state index is 10.7. The minimum Gasteiger partial charge on any atom is -0.481 e. The van der Waals surface area contributed by atoms with Gasteiger partial charge in [0.15, 0.2) is 5.16 Å². The number of ether oxygens (including phenoxy) is 1. The van der Waals surface area contributed by atoms with E-state index in [1.54, 1.807) is 0 Å². The van der Waals surface area contributed by atoms with Gasteiger partial charge >= 0.3 is 5.97 Å². The van der Waals surface area contributed by atoms with Crippen LogP contribution in [0.3, 0.4) is 0 Å². The predicted octanol–water partition coefficient (Wildman–Crippen LogP) is 1.68. The van der Waals surface area contributed by atoms with Gasteiger partial charge in [-0.2, -0.15) is 0 Å². The van der Waals surface area contributed by atoms with Crippen molar-refractivity contribution in [3.8, 4) is 0 Å². The Kier molecular flexibility index (Phi) is 3.74. The number of hydrogen-bond acceptors (Lipinski definition) is 5. The second-order valence-electron chi connectivity index (χ2n) is 5.01. The van der Waals surface area contributed by atoms with E-state index in [0.29, 0.717) is 12.0 Å². The molecule has 19 heavy (non-hydrogen) atoms. The third-order valence-corrected chi connectivity index (χ3v) is 4.44. The van der Waals surface area contributed by atoms with Gasteiger partial charge in [-0.3, -0.25) is 4.79 Å². The molecule has 1 N–H and O–H groups in total. The Bertz CT molecular complexity index is 467. The molecule has 2 heterocycles. The van der Waals surface area contributed by atoms with E-state index < -0.39 is 5.97 Å². The van der Waals surface area contributed by atoms with Gasteiger partial charge in [-0.05, 0) is 25.7 Å². The van der Waals surface area contributed by atoms with Crippen molar-refractivity contribution in [1.29, 1.82) is 0 Å². The summed E-state index contributed by atoms with van der Waals surface area (Å²) in [6.07, 6.45) is 4.26. The van der Waals surface area contributed by atoms with Crippen molar-refractivity contribution in [2.45, 2.75) is 42.8 Å². The number of aromatic nitrogens is 3. The molecule has 0 amide bonds. The zero-order valence-corrected chi connectivity index (χ0v) is 11.4. The first-order valence-corrected chi connectivity index (χ1v) is 7.61. The van der Waals surface area contributed by atoms with Crippen LogP contribution in [0.4, 0.5) is 0 Å². The summed E-state index contributed by atoms with van der Waals surface area (Å²) in [6.45, 7) is 1.56. The van der Waals surface area contributed by atoms with Crippen LogP contribution in [0.1, 0.15) is 43.5 Å². The quantitative estimate of drug-likeness (QED) is 0.829. The first-order chi connectivity index (χ1) is 9.25. The van der Waals surface area contributed by atoms with Crippen molar-refractivity contribution in [3.63, 3.8) is 0 Å². The van der Waals surface area contributed by atoms with E-state index in [4.69, 9.17) is 9.84 Å². The van der Waals surface area contributed by atoms with Crippen LogP contribution in [0.25, 0.3) is 0 Å². The minimum atomic E-state index is -0.817. The number of rotatable bonds is 5. The fourth-order valence-corrected chi connectivity index (χ4v) is 3.16. The minimum absolute atomic E-state index is 0.0403. The summed E-state index contributed by atoms with van der Waals surface area (Å²) in [5.74, 6) is 0.654. The SMILES string of the molecule is O=C(O)CSc1nnc(C2CCOCC2)n1C1CC1. The lowest BCUT2D eigenvalue weighted by Crippen LogP contribution is -2.18. The smallest absolute Gasteiger partial charge is 0.313 e. The molecule has 0 bridgehead atoms. The Morgan fingerprint density at radius 1 is 1.32 bits per heavy atom. The van der Waals surface area contributed by atoms with Crippen LogP contribution < -0.4 is 0 Å². The fraction of sp³-hybridized carbons (Fsp3) is 0.750. The molecule has 0 unspecified atom stereocenters. The lowest BCUT2D eigenvalue weighted by atomic mass is 9.99. The molecular formula is C12H17N3O3S. The lowest BCUT2D eigenvalue weighted by Gasteiger charge is -2.22. The number of nitrogens with zero attached hydrogens (tertiary/aromatic N) is 3. The molecule has 0 radical (unpaired) electrons. The third kappa shape index (κ3) is 2.92. The molecule has 0 atom stereocenters. The number of carboxylic acids is 1. The second-order valence-corrected chi connectivity index (χ2v) is 5.95. The van der Waals surface area contributed by atoms with Crippen molar-refractivity contribution in [1.82, 2.24) is 14.8 Å². The van der Waals surface area contributed by atoms with E-state index in [-0.39, 0.29) is 5.75 Å². The summed E-state index contributed by atoms with van der Waals surface area (Å²) in [6, 6.07) is 0.476. The van der Waals surface area contributed by atoms with Crippen LogP contribution in [-0.4, -0.2) is 44.8 Å². The Balaban J connectivity index is 1.81. The highest BCUT2D eigenvalue weighted by molar-refractivity contribution is 7.99. The second kappa shape index (κ2) is 5.50. The van der Waals surface area contributed by atoms with E-state index in [1.807, 2.05) is 0 Å². The van der Waals surface area contributed by atoms with Crippen LogP contribution in [-0.2, 0) is 9.53 Å². The zero-order chi connectivity index (χ0) is 13.2. The molecule has 0 aromatic carbocycles. The van der Waals surface area contributed by atoms with Crippen LogP contribution in [0.15, 0.2) is 5.16 Å². The Labute approximate surface area is 115 Å². The van der Waals surface area contributed by atoms with Gasteiger partial charge in [-0.15, -0.1) is 10.2 Å². The number of carboxylic acid groups (broad SMARTS) is 1. The van der Waals surface area contributed by atoms with Crippen molar-refractivity contribution in [2.75, 3.05) is 19.0 Å². The van der Waals surface area contributed by atoms with E-state index >= 15 is 0 Å². The molecule has 1 aromatic rings. The number of hydrogen-bond donors (Lipinski definition) is 1. The van der Waals surface area contributed by atoms with Crippen molar-refractivity contribution in [2.24, 2.45) is 0 Å². The molecule has 2 fully saturated rings. The van der Waals surface area contributed by atoms with E-state index in [2.05, 4.69) is 14.8 Å². The number of thioether (sulfide) groups is 1. The molecule has 1 aromatic heterocycles. The van der Waals surface area contributed by atoms with Gasteiger partial charge in [0.1, 0.15) is 5.82 Å². The van der Waals surface area contributed by atoms with Gasteiger partial charge in [0.05, 0.1) is 5.75 Å². The van der Waals surface area contributed by atoms with Crippen molar-refractivity contribution >= 4 is 17.7 Å². The maximum Gasteiger partial charge on any atom is 0.313 e. The molecule has 1 aliphatic heterocycles. The fourth-order valence-electron chi connectivity index (χ4n) is 2.42. The third-order valence-electron chi connectivity index (χ3n) is 3.51. The summed E-state index contributed by atoms with van der Waals surface area (Å²) in [4.78, 5) is 10.7. The summed E-state index contributed by atoms with van der Waals surface area (Å²) in [7, 11) is 0. The van der Waals surface area contributed by atoms with Gasteiger partial charge in [-0.1, -0.05) is 11.8 Å². The molecule has 2 aliphatic rings. The summed E-state index contributed by atoms with van der Waals surface area (Å²) in [5, 5.41) is 18.1. The van der Waals surface area contributed by atoms with Crippen LogP contribution >= 0.6 is 11.8 Å². The molecule has 104 valence electrons. The van der Waals surface area contributed by atoms with Gasteiger partial charge in [0.25, 0.3) is 0 Å². The first-order valence-electron chi connectivity index (χ1n) is 6.63. The van der Waals surface area contributed by atoms with Crippen molar-refractivity contribution in [3.05, 3.63) is 5.82 Å². The Morgan fingerprint density at radius 2 is 2.05 bits per heavy atom. The summed E-state index contributed by atoms with van der Waals surface area (Å²) >= 11 is 1.27. The highest BCUT2D eigenvalue weighted by Gasteiger charge is 2.33. The van der Waals surface area contributed by atoms with Gasteiger partial charge in [0, 0.05) is 25.2 Å². The average Bonchev–Trinajstić information content (AvgIpc) is 3.17. The van der Waals surface area contributed by atoms with Crippen LogP contribution in [0.5, 0.6) is 0 Å². The normalized spacial score (nSPS) is 20.6. The molecule has 7 heteroatoms. The molecule has 3 rings (SSSR count). The van der Waals surface area contributed by atoms with Gasteiger partial charge in [0.2, 0.25) is 0 Å². The van der Waals surface area contributed by atoms with E-state index in [1.165, 1.54) is 11.8 Å². The standard InChI is InChI=1S/C12H17N3O3S/c16-10(17)7-19-12-14-13-11(15(12)9-1-2-9)8-3-5-18-6-4-8/h8-9H,1-7H2,(H,16,17). The highest BCUT2D eigenvalue weighted by Crippen LogP contribution is 2.41. The summed E-state index contributed by atoms with van der Waals surface area (Å²) in [5.41, 5.74) is 0. The lowest BCUT2D eigenvalue weighted by molar-refractivity contribution is -0.133. The Morgan fingerprint density at radius 3 is 2.68 bits per heavy atom. The topological polar surface area (TPSA) is 77.2 Å². The van der Waals surface area contributed by atoms with Crippen LogP contribution in [0.2, 0.25) is 0 Å². The van der Waals surface area contributed by atoms with Crippen molar-refractivity contribution < 1.29 is 14.6 Å². The predicted molar refractivity (Wildman–Crippen MR) is 69.4 cm³/mol. The largest absolute Gasteiger partial charge is 0.481 e. The van der Waals surface area contributed by atoms with E-state index in [9.17, 15) is 4.79 Å². The average molecular weight is 283 g/mol. The molecule has 1 saturated heterocycles. The van der Waals surface area contributed by atoms with Gasteiger partial charge in [-0.25, -0.2) is 0 Å².